The minimum absolute atomic E-state index is 0.504. The van der Waals surface area contributed by atoms with Crippen molar-refractivity contribution < 1.29 is 4.42 Å². The molecule has 0 aliphatic rings. The molecule has 3 N–H and O–H groups in total. The van der Waals surface area contributed by atoms with Crippen molar-refractivity contribution >= 4 is 28.5 Å². The number of nitrogen functional groups attached to an aromatic ring is 1. The second-order valence-electron chi connectivity index (χ2n) is 3.51. The van der Waals surface area contributed by atoms with Gasteiger partial charge in [-0.3, -0.25) is 5.10 Å². The van der Waals surface area contributed by atoms with E-state index in [-0.39, 0.29) is 0 Å². The molecule has 2 aromatic heterocycles. The van der Waals surface area contributed by atoms with Gasteiger partial charge in [-0.15, -0.1) is 5.10 Å². The molecule has 7 heteroatoms. The van der Waals surface area contributed by atoms with E-state index >= 15 is 0 Å². The molecule has 2 heterocycles. The Balaban J connectivity index is 1.95. The Kier molecular flexibility index (Phi) is 2.25. The highest BCUT2D eigenvalue weighted by atomic mass is 32.2. The van der Waals surface area contributed by atoms with Gasteiger partial charge in [-0.05, 0) is 25.1 Å². The van der Waals surface area contributed by atoms with Crippen molar-refractivity contribution in [2.75, 3.05) is 5.73 Å². The van der Waals surface area contributed by atoms with Crippen LogP contribution in [0.5, 0.6) is 0 Å². The lowest BCUT2D eigenvalue weighted by molar-refractivity contribution is 0.489. The first kappa shape index (κ1) is 10.2. The molecular formula is C10H9N5OS. The van der Waals surface area contributed by atoms with Crippen molar-refractivity contribution in [3.05, 3.63) is 24.0 Å². The van der Waals surface area contributed by atoms with Gasteiger partial charge in [-0.1, -0.05) is 0 Å². The Morgan fingerprint density at radius 3 is 3.00 bits per heavy atom. The zero-order chi connectivity index (χ0) is 11.8. The van der Waals surface area contributed by atoms with Crippen LogP contribution >= 0.6 is 11.8 Å². The van der Waals surface area contributed by atoms with Crippen molar-refractivity contribution in [1.82, 2.24) is 20.2 Å². The second kappa shape index (κ2) is 3.77. The summed E-state index contributed by atoms with van der Waals surface area (Å²) >= 11 is 1.27. The van der Waals surface area contributed by atoms with Gasteiger partial charge in [0.15, 0.2) is 5.58 Å². The number of aryl methyl sites for hydroxylation is 1. The molecule has 0 unspecified atom stereocenters. The van der Waals surface area contributed by atoms with Gasteiger partial charge in [-0.2, -0.15) is 0 Å². The van der Waals surface area contributed by atoms with E-state index in [1.807, 2.05) is 6.92 Å². The van der Waals surface area contributed by atoms with E-state index in [4.69, 9.17) is 10.2 Å². The largest absolute Gasteiger partial charge is 0.431 e. The molecule has 0 radical (unpaired) electrons. The lowest BCUT2D eigenvalue weighted by atomic mass is 10.3. The van der Waals surface area contributed by atoms with Crippen LogP contribution in [0.25, 0.3) is 11.1 Å². The third-order valence-corrected chi connectivity index (χ3v) is 2.86. The van der Waals surface area contributed by atoms with Crippen LogP contribution in [0.3, 0.4) is 0 Å². The van der Waals surface area contributed by atoms with E-state index in [0.717, 1.165) is 11.3 Å². The zero-order valence-corrected chi connectivity index (χ0v) is 9.78. The van der Waals surface area contributed by atoms with Gasteiger partial charge in [-0.25, -0.2) is 9.97 Å². The van der Waals surface area contributed by atoms with Crippen LogP contribution in [0, 0.1) is 6.92 Å². The maximum Gasteiger partial charge on any atom is 0.264 e. The van der Waals surface area contributed by atoms with Crippen molar-refractivity contribution in [2.24, 2.45) is 0 Å². The fourth-order valence-electron chi connectivity index (χ4n) is 1.41. The summed E-state index contributed by atoms with van der Waals surface area (Å²) in [7, 11) is 0. The summed E-state index contributed by atoms with van der Waals surface area (Å²) in [5, 5.41) is 7.85. The lowest BCUT2D eigenvalue weighted by Crippen LogP contribution is -1.82. The van der Waals surface area contributed by atoms with Crippen molar-refractivity contribution in [1.29, 1.82) is 0 Å². The predicted octanol–water partition coefficient (Wildman–Crippen LogP) is 1.99. The predicted molar refractivity (Wildman–Crippen MR) is 63.7 cm³/mol. The molecule has 0 aliphatic carbocycles. The molecule has 0 fully saturated rings. The molecule has 6 nitrogen and oxygen atoms in total. The Morgan fingerprint density at radius 2 is 2.24 bits per heavy atom. The van der Waals surface area contributed by atoms with E-state index in [1.54, 1.807) is 18.2 Å². The first-order chi connectivity index (χ1) is 8.20. The summed E-state index contributed by atoms with van der Waals surface area (Å²) in [6, 6.07) is 5.34. The van der Waals surface area contributed by atoms with Crippen LogP contribution in [0.1, 0.15) is 5.82 Å². The number of anilines is 1. The minimum atomic E-state index is 0.504. The smallest absolute Gasteiger partial charge is 0.264 e. The summed E-state index contributed by atoms with van der Waals surface area (Å²) in [5.74, 6) is 0.757. The standard InChI is InChI=1S/C10H9N5OS/c1-5-12-9(15-14-5)17-10-13-7-4-6(11)2-3-8(7)16-10/h2-4H,11H2,1H3,(H,12,14,15). The molecule has 17 heavy (non-hydrogen) atoms. The van der Waals surface area contributed by atoms with E-state index < -0.39 is 0 Å². The molecule has 1 aromatic carbocycles. The number of hydrogen-bond donors (Lipinski definition) is 2. The first-order valence-electron chi connectivity index (χ1n) is 4.93. The number of fused-ring (bicyclic) bond motifs is 1. The van der Waals surface area contributed by atoms with Crippen LogP contribution in [-0.4, -0.2) is 20.2 Å². The van der Waals surface area contributed by atoms with Crippen LogP contribution in [0.15, 0.2) is 33.0 Å². The molecule has 0 saturated carbocycles. The molecule has 0 spiro atoms. The van der Waals surface area contributed by atoms with E-state index in [9.17, 15) is 0 Å². The molecule has 3 aromatic rings. The van der Waals surface area contributed by atoms with E-state index in [1.165, 1.54) is 11.8 Å². The average molecular weight is 247 g/mol. The SMILES string of the molecule is Cc1nc(Sc2nc3cc(N)ccc3o2)n[nH]1. The monoisotopic (exact) mass is 247 g/mol. The fourth-order valence-corrected chi connectivity index (χ4v) is 2.12. The summed E-state index contributed by atoms with van der Waals surface area (Å²) < 4.78 is 5.54. The number of nitrogens with one attached hydrogen (secondary N) is 1. The van der Waals surface area contributed by atoms with Crippen LogP contribution in [0.2, 0.25) is 0 Å². The lowest BCUT2D eigenvalue weighted by Gasteiger charge is -1.88. The van der Waals surface area contributed by atoms with Gasteiger partial charge in [0, 0.05) is 17.4 Å². The molecule has 0 atom stereocenters. The number of nitrogens with two attached hydrogens (primary N) is 1. The molecule has 0 aliphatic heterocycles. The number of nitrogens with zero attached hydrogens (tertiary/aromatic N) is 3. The highest BCUT2D eigenvalue weighted by molar-refractivity contribution is 7.98. The number of hydrogen-bond acceptors (Lipinski definition) is 6. The maximum absolute atomic E-state index is 5.67. The zero-order valence-electron chi connectivity index (χ0n) is 8.97. The summed E-state index contributed by atoms with van der Waals surface area (Å²) in [6.45, 7) is 1.84. The number of aromatic amines is 1. The third kappa shape index (κ3) is 1.96. The van der Waals surface area contributed by atoms with Crippen LogP contribution in [0.4, 0.5) is 5.69 Å². The number of benzene rings is 1. The number of oxazole rings is 1. The highest BCUT2D eigenvalue weighted by Gasteiger charge is 2.10. The summed E-state index contributed by atoms with van der Waals surface area (Å²) in [6.07, 6.45) is 0. The number of rotatable bonds is 2. The third-order valence-electron chi connectivity index (χ3n) is 2.15. The molecule has 3 rings (SSSR count). The molecular weight excluding hydrogens is 238 g/mol. The maximum atomic E-state index is 5.67. The van der Waals surface area contributed by atoms with Gasteiger partial charge in [0.2, 0.25) is 5.16 Å². The topological polar surface area (TPSA) is 93.6 Å². The molecule has 86 valence electrons. The minimum Gasteiger partial charge on any atom is -0.431 e. The van der Waals surface area contributed by atoms with Gasteiger partial charge in [0.05, 0.1) is 0 Å². The van der Waals surface area contributed by atoms with Gasteiger partial charge < -0.3 is 10.2 Å². The van der Waals surface area contributed by atoms with Gasteiger partial charge >= 0.3 is 0 Å². The molecule has 0 bridgehead atoms. The normalized spacial score (nSPS) is 11.1. The average Bonchev–Trinajstić information content (AvgIpc) is 2.84. The fraction of sp³-hybridized carbons (Fsp3) is 0.100. The Bertz CT molecular complexity index is 674. The van der Waals surface area contributed by atoms with E-state index in [2.05, 4.69) is 20.2 Å². The number of H-pyrrole nitrogens is 1. The van der Waals surface area contributed by atoms with E-state index in [0.29, 0.717) is 21.6 Å². The van der Waals surface area contributed by atoms with Crippen LogP contribution in [-0.2, 0) is 0 Å². The van der Waals surface area contributed by atoms with Crippen LogP contribution < -0.4 is 5.73 Å². The molecule has 0 saturated heterocycles. The van der Waals surface area contributed by atoms with Crippen molar-refractivity contribution in [2.45, 2.75) is 17.3 Å². The summed E-state index contributed by atoms with van der Waals surface area (Å²) in [5.41, 5.74) is 7.77. The van der Waals surface area contributed by atoms with Crippen molar-refractivity contribution in [3.63, 3.8) is 0 Å². The summed E-state index contributed by atoms with van der Waals surface area (Å²) in [4.78, 5) is 8.47. The number of aromatic nitrogens is 4. The molecule has 0 amide bonds. The second-order valence-corrected chi connectivity index (χ2v) is 4.43. The quantitative estimate of drug-likeness (QED) is 0.672. The Hall–Kier alpha value is -2.02. The van der Waals surface area contributed by atoms with Gasteiger partial charge in [0.1, 0.15) is 11.3 Å². The van der Waals surface area contributed by atoms with Crippen molar-refractivity contribution in [3.8, 4) is 0 Å². The van der Waals surface area contributed by atoms with Gasteiger partial charge in [0.25, 0.3) is 5.22 Å². The highest BCUT2D eigenvalue weighted by Crippen LogP contribution is 2.28. The Morgan fingerprint density at radius 1 is 1.35 bits per heavy atom. The Labute approximate surface area is 101 Å². The first-order valence-corrected chi connectivity index (χ1v) is 5.75.